The highest BCUT2D eigenvalue weighted by Gasteiger charge is 2.36. The van der Waals surface area contributed by atoms with E-state index in [9.17, 15) is 9.50 Å². The van der Waals surface area contributed by atoms with Crippen LogP contribution in [-0.2, 0) is 12.0 Å². The zero-order chi connectivity index (χ0) is 15.9. The second kappa shape index (κ2) is 5.28. The summed E-state index contributed by atoms with van der Waals surface area (Å²) in [7, 11) is 0. The van der Waals surface area contributed by atoms with Crippen LogP contribution in [0.3, 0.4) is 0 Å². The summed E-state index contributed by atoms with van der Waals surface area (Å²) in [6.07, 6.45) is 2.96. The molecule has 5 heteroatoms. The average molecular weight is 309 g/mol. The molecule has 1 aliphatic rings. The van der Waals surface area contributed by atoms with Crippen LogP contribution in [0.5, 0.6) is 0 Å². The Hall–Kier alpha value is -2.53. The number of fused-ring (bicyclic) bond motifs is 2. The summed E-state index contributed by atoms with van der Waals surface area (Å²) in [6.45, 7) is 0.326. The molecule has 116 valence electrons. The molecular formula is C18H16FN3O. The normalized spacial score (nSPS) is 19.7. The minimum Gasteiger partial charge on any atom is -0.383 e. The first kappa shape index (κ1) is 14.1. The quantitative estimate of drug-likeness (QED) is 0.781. The van der Waals surface area contributed by atoms with Crippen LogP contribution < -0.4 is 5.32 Å². The van der Waals surface area contributed by atoms with Gasteiger partial charge in [0.2, 0.25) is 0 Å². The number of benzene rings is 2. The number of halogens is 1. The Morgan fingerprint density at radius 3 is 2.96 bits per heavy atom. The van der Waals surface area contributed by atoms with Crippen molar-refractivity contribution in [2.45, 2.75) is 18.4 Å². The SMILES string of the molecule is O[C@@]1(CNc2ncnc3ccc(F)cc23)CCc2ccccc21. The van der Waals surface area contributed by atoms with E-state index in [-0.39, 0.29) is 5.82 Å². The molecule has 0 bridgehead atoms. The predicted molar refractivity (Wildman–Crippen MR) is 86.6 cm³/mol. The van der Waals surface area contributed by atoms with Crippen LogP contribution in [0.4, 0.5) is 10.2 Å². The summed E-state index contributed by atoms with van der Waals surface area (Å²) >= 11 is 0. The van der Waals surface area contributed by atoms with Crippen molar-refractivity contribution >= 4 is 16.7 Å². The smallest absolute Gasteiger partial charge is 0.137 e. The maximum absolute atomic E-state index is 13.5. The number of aliphatic hydroxyl groups is 1. The van der Waals surface area contributed by atoms with Crippen molar-refractivity contribution in [3.05, 3.63) is 65.7 Å². The number of rotatable bonds is 3. The Kier molecular flexibility index (Phi) is 3.23. The number of aryl methyl sites for hydroxylation is 1. The van der Waals surface area contributed by atoms with Gasteiger partial charge in [-0.3, -0.25) is 0 Å². The van der Waals surface area contributed by atoms with Gasteiger partial charge in [0.25, 0.3) is 0 Å². The van der Waals surface area contributed by atoms with E-state index in [1.807, 2.05) is 24.3 Å². The molecular weight excluding hydrogens is 293 g/mol. The lowest BCUT2D eigenvalue weighted by atomic mass is 9.96. The fraction of sp³-hybridized carbons (Fsp3) is 0.222. The van der Waals surface area contributed by atoms with Gasteiger partial charge in [0.15, 0.2) is 0 Å². The van der Waals surface area contributed by atoms with E-state index < -0.39 is 5.60 Å². The number of anilines is 1. The first-order valence-electron chi connectivity index (χ1n) is 7.61. The molecule has 0 radical (unpaired) electrons. The summed E-state index contributed by atoms with van der Waals surface area (Å²) < 4.78 is 13.5. The van der Waals surface area contributed by atoms with Gasteiger partial charge in [0.1, 0.15) is 23.6 Å². The molecule has 0 spiro atoms. The molecule has 0 saturated carbocycles. The maximum Gasteiger partial charge on any atom is 0.137 e. The molecule has 1 aliphatic carbocycles. The molecule has 0 fully saturated rings. The topological polar surface area (TPSA) is 58.0 Å². The third-order valence-electron chi connectivity index (χ3n) is 4.47. The van der Waals surface area contributed by atoms with Crippen LogP contribution in [0.2, 0.25) is 0 Å². The summed E-state index contributed by atoms with van der Waals surface area (Å²) in [5.41, 5.74) is 1.87. The molecule has 0 amide bonds. The fourth-order valence-corrected chi connectivity index (χ4v) is 3.25. The number of hydrogen-bond acceptors (Lipinski definition) is 4. The van der Waals surface area contributed by atoms with Gasteiger partial charge in [0.05, 0.1) is 5.52 Å². The highest BCUT2D eigenvalue weighted by Crippen LogP contribution is 2.37. The average Bonchev–Trinajstić information content (AvgIpc) is 2.91. The van der Waals surface area contributed by atoms with Crippen LogP contribution in [0.1, 0.15) is 17.5 Å². The van der Waals surface area contributed by atoms with Gasteiger partial charge in [-0.15, -0.1) is 0 Å². The first-order valence-corrected chi connectivity index (χ1v) is 7.61. The standard InChI is InChI=1S/C18H16FN3O/c19-13-5-6-16-14(9-13)17(22-11-21-16)20-10-18(23)8-7-12-3-1-2-4-15(12)18/h1-6,9,11,23H,7-8,10H2,(H,20,21,22)/t18-/m1/s1. The lowest BCUT2D eigenvalue weighted by Crippen LogP contribution is -2.32. The second-order valence-electron chi connectivity index (χ2n) is 5.93. The predicted octanol–water partition coefficient (Wildman–Crippen LogP) is 3.01. The third-order valence-corrected chi connectivity index (χ3v) is 4.47. The lowest BCUT2D eigenvalue weighted by Gasteiger charge is -2.25. The highest BCUT2D eigenvalue weighted by molar-refractivity contribution is 5.88. The number of nitrogens with zero attached hydrogens (tertiary/aromatic N) is 2. The van der Waals surface area contributed by atoms with E-state index in [0.29, 0.717) is 29.7 Å². The summed E-state index contributed by atoms with van der Waals surface area (Å²) in [5, 5.41) is 14.7. The van der Waals surface area contributed by atoms with E-state index in [0.717, 1.165) is 12.0 Å². The van der Waals surface area contributed by atoms with Crippen molar-refractivity contribution in [1.29, 1.82) is 0 Å². The van der Waals surface area contributed by atoms with Crippen LogP contribution in [0, 0.1) is 5.82 Å². The van der Waals surface area contributed by atoms with E-state index >= 15 is 0 Å². The summed E-state index contributed by atoms with van der Waals surface area (Å²) in [4.78, 5) is 8.33. The van der Waals surface area contributed by atoms with Gasteiger partial charge in [-0.2, -0.15) is 0 Å². The van der Waals surface area contributed by atoms with Crippen molar-refractivity contribution in [2.75, 3.05) is 11.9 Å². The fourth-order valence-electron chi connectivity index (χ4n) is 3.25. The molecule has 2 N–H and O–H groups in total. The first-order chi connectivity index (χ1) is 11.2. The highest BCUT2D eigenvalue weighted by atomic mass is 19.1. The van der Waals surface area contributed by atoms with Gasteiger partial charge >= 0.3 is 0 Å². The van der Waals surface area contributed by atoms with E-state index in [1.54, 1.807) is 6.07 Å². The summed E-state index contributed by atoms with van der Waals surface area (Å²) in [6, 6.07) is 12.3. The molecule has 3 aromatic rings. The number of aromatic nitrogens is 2. The molecule has 4 nitrogen and oxygen atoms in total. The van der Waals surface area contributed by atoms with Crippen molar-refractivity contribution in [2.24, 2.45) is 0 Å². The molecule has 0 unspecified atom stereocenters. The van der Waals surface area contributed by atoms with E-state index in [1.165, 1.54) is 24.0 Å². The Morgan fingerprint density at radius 2 is 2.04 bits per heavy atom. The third kappa shape index (κ3) is 2.43. The minimum absolute atomic E-state index is 0.326. The molecule has 4 rings (SSSR count). The Balaban J connectivity index is 1.64. The molecule has 1 heterocycles. The van der Waals surface area contributed by atoms with Crippen LogP contribution in [-0.4, -0.2) is 21.6 Å². The van der Waals surface area contributed by atoms with E-state index in [2.05, 4.69) is 15.3 Å². The van der Waals surface area contributed by atoms with Gasteiger partial charge in [-0.25, -0.2) is 14.4 Å². The summed E-state index contributed by atoms with van der Waals surface area (Å²) in [5.74, 6) is 0.201. The van der Waals surface area contributed by atoms with Gasteiger partial charge in [0, 0.05) is 11.9 Å². The molecule has 23 heavy (non-hydrogen) atoms. The number of nitrogens with one attached hydrogen (secondary N) is 1. The van der Waals surface area contributed by atoms with Crippen molar-refractivity contribution < 1.29 is 9.50 Å². The van der Waals surface area contributed by atoms with E-state index in [4.69, 9.17) is 0 Å². The monoisotopic (exact) mass is 309 g/mol. The molecule has 1 atom stereocenters. The van der Waals surface area contributed by atoms with Gasteiger partial charge < -0.3 is 10.4 Å². The molecule has 2 aromatic carbocycles. The van der Waals surface area contributed by atoms with Crippen LogP contribution in [0.25, 0.3) is 10.9 Å². The largest absolute Gasteiger partial charge is 0.383 e. The van der Waals surface area contributed by atoms with Gasteiger partial charge in [-0.05, 0) is 42.2 Å². The van der Waals surface area contributed by atoms with Crippen molar-refractivity contribution in [3.8, 4) is 0 Å². The Bertz CT molecular complexity index is 883. The second-order valence-corrected chi connectivity index (χ2v) is 5.93. The minimum atomic E-state index is -0.929. The van der Waals surface area contributed by atoms with Crippen molar-refractivity contribution in [3.63, 3.8) is 0 Å². The van der Waals surface area contributed by atoms with Crippen LogP contribution in [0.15, 0.2) is 48.8 Å². The molecule has 0 aliphatic heterocycles. The zero-order valence-corrected chi connectivity index (χ0v) is 12.5. The Morgan fingerprint density at radius 1 is 1.17 bits per heavy atom. The molecule has 0 saturated heterocycles. The van der Waals surface area contributed by atoms with Crippen LogP contribution >= 0.6 is 0 Å². The van der Waals surface area contributed by atoms with Gasteiger partial charge in [-0.1, -0.05) is 24.3 Å². The zero-order valence-electron chi connectivity index (χ0n) is 12.5. The number of hydrogen-bond donors (Lipinski definition) is 2. The Labute approximate surface area is 133 Å². The molecule has 1 aromatic heterocycles. The lowest BCUT2D eigenvalue weighted by molar-refractivity contribution is 0.0526. The van der Waals surface area contributed by atoms with Crippen molar-refractivity contribution in [1.82, 2.24) is 9.97 Å². The maximum atomic E-state index is 13.5.